The Morgan fingerprint density at radius 1 is 0.882 bits per heavy atom. The van der Waals surface area contributed by atoms with Crippen LogP contribution in [0.3, 0.4) is 0 Å². The molecule has 94 valence electrons. The summed E-state index contributed by atoms with van der Waals surface area (Å²) in [6, 6.07) is 0. The second kappa shape index (κ2) is 4.89. The molecule has 1 N–H and O–H groups in total. The standard InChI is InChI=1S/C10H17N5O2/c1-5-16-6-2-14(1)9-11-10(13-12-9)15-3-7-17-8-4-15/h1-8H2,(H,11,12,13). The average molecular weight is 239 g/mol. The van der Waals surface area contributed by atoms with Gasteiger partial charge in [-0.1, -0.05) is 0 Å². The maximum atomic E-state index is 5.31. The largest absolute Gasteiger partial charge is 0.378 e. The summed E-state index contributed by atoms with van der Waals surface area (Å²) < 4.78 is 10.6. The van der Waals surface area contributed by atoms with Gasteiger partial charge in [-0.2, -0.15) is 4.98 Å². The van der Waals surface area contributed by atoms with E-state index in [0.29, 0.717) is 0 Å². The smallest absolute Gasteiger partial charge is 0.246 e. The van der Waals surface area contributed by atoms with Crippen molar-refractivity contribution in [1.29, 1.82) is 0 Å². The number of aromatic nitrogens is 3. The first-order valence-electron chi connectivity index (χ1n) is 6.01. The highest BCUT2D eigenvalue weighted by molar-refractivity contribution is 5.39. The highest BCUT2D eigenvalue weighted by atomic mass is 16.5. The number of anilines is 2. The van der Waals surface area contributed by atoms with Gasteiger partial charge < -0.3 is 19.3 Å². The zero-order valence-electron chi connectivity index (χ0n) is 9.76. The van der Waals surface area contributed by atoms with Gasteiger partial charge in [0.15, 0.2) is 0 Å². The summed E-state index contributed by atoms with van der Waals surface area (Å²) in [6.07, 6.45) is 0. The van der Waals surface area contributed by atoms with Crippen LogP contribution >= 0.6 is 0 Å². The first-order chi connectivity index (χ1) is 8.43. The third kappa shape index (κ3) is 2.34. The van der Waals surface area contributed by atoms with Crippen LogP contribution in [-0.2, 0) is 9.47 Å². The van der Waals surface area contributed by atoms with Gasteiger partial charge in [-0.3, -0.25) is 0 Å². The molecular formula is C10H17N5O2. The van der Waals surface area contributed by atoms with E-state index >= 15 is 0 Å². The van der Waals surface area contributed by atoms with E-state index in [9.17, 15) is 0 Å². The van der Waals surface area contributed by atoms with Gasteiger partial charge in [0.05, 0.1) is 26.4 Å². The molecule has 0 atom stereocenters. The lowest BCUT2D eigenvalue weighted by molar-refractivity contribution is 0.121. The van der Waals surface area contributed by atoms with Crippen LogP contribution in [0.5, 0.6) is 0 Å². The van der Waals surface area contributed by atoms with Crippen molar-refractivity contribution in [2.75, 3.05) is 62.4 Å². The van der Waals surface area contributed by atoms with Crippen LogP contribution in [0, 0.1) is 0 Å². The van der Waals surface area contributed by atoms with Crippen LogP contribution in [0.15, 0.2) is 0 Å². The molecule has 7 nitrogen and oxygen atoms in total. The highest BCUT2D eigenvalue weighted by Crippen LogP contribution is 2.15. The maximum absolute atomic E-state index is 5.31. The topological polar surface area (TPSA) is 66.5 Å². The van der Waals surface area contributed by atoms with E-state index in [4.69, 9.17) is 9.47 Å². The second-order valence-electron chi connectivity index (χ2n) is 4.16. The van der Waals surface area contributed by atoms with Crippen LogP contribution in [0.1, 0.15) is 0 Å². The number of nitrogens with zero attached hydrogens (tertiary/aromatic N) is 4. The van der Waals surface area contributed by atoms with Crippen molar-refractivity contribution in [3.63, 3.8) is 0 Å². The number of hydrogen-bond donors (Lipinski definition) is 1. The van der Waals surface area contributed by atoms with Crippen LogP contribution < -0.4 is 9.80 Å². The summed E-state index contributed by atoms with van der Waals surface area (Å²) in [5, 5.41) is 7.27. The van der Waals surface area contributed by atoms with E-state index in [0.717, 1.165) is 64.5 Å². The van der Waals surface area contributed by atoms with E-state index in [1.165, 1.54) is 0 Å². The number of rotatable bonds is 2. The quantitative estimate of drug-likeness (QED) is 0.749. The minimum Gasteiger partial charge on any atom is -0.378 e. The fourth-order valence-corrected chi connectivity index (χ4v) is 2.07. The highest BCUT2D eigenvalue weighted by Gasteiger charge is 2.19. The monoisotopic (exact) mass is 239 g/mol. The number of H-pyrrole nitrogens is 1. The summed E-state index contributed by atoms with van der Waals surface area (Å²) in [4.78, 5) is 8.84. The van der Waals surface area contributed by atoms with E-state index in [1.54, 1.807) is 0 Å². The van der Waals surface area contributed by atoms with Crippen LogP contribution in [0.2, 0.25) is 0 Å². The number of morpholine rings is 2. The summed E-state index contributed by atoms with van der Waals surface area (Å²) in [7, 11) is 0. The van der Waals surface area contributed by atoms with E-state index in [-0.39, 0.29) is 0 Å². The Morgan fingerprint density at radius 3 is 2.12 bits per heavy atom. The Balaban J connectivity index is 1.68. The Labute approximate surface area is 99.7 Å². The van der Waals surface area contributed by atoms with Crippen molar-refractivity contribution in [1.82, 2.24) is 15.2 Å². The fraction of sp³-hybridized carbons (Fsp3) is 0.800. The fourth-order valence-electron chi connectivity index (χ4n) is 2.07. The number of aromatic amines is 1. The first-order valence-corrected chi connectivity index (χ1v) is 6.01. The Bertz CT molecular complexity index is 325. The van der Waals surface area contributed by atoms with Crippen molar-refractivity contribution in [2.24, 2.45) is 0 Å². The first kappa shape index (κ1) is 10.8. The molecular weight excluding hydrogens is 222 g/mol. The predicted molar refractivity (Wildman–Crippen MR) is 62.4 cm³/mol. The third-order valence-electron chi connectivity index (χ3n) is 3.07. The van der Waals surface area contributed by atoms with Crippen molar-refractivity contribution in [3.05, 3.63) is 0 Å². The van der Waals surface area contributed by atoms with Gasteiger partial charge in [-0.25, -0.2) is 5.10 Å². The minimum absolute atomic E-state index is 0.751. The van der Waals surface area contributed by atoms with Gasteiger partial charge in [0.1, 0.15) is 0 Å². The zero-order valence-corrected chi connectivity index (χ0v) is 9.76. The number of hydrogen-bond acceptors (Lipinski definition) is 6. The summed E-state index contributed by atoms with van der Waals surface area (Å²) in [6.45, 7) is 6.49. The average Bonchev–Trinajstić information content (AvgIpc) is 2.90. The van der Waals surface area contributed by atoms with Crippen LogP contribution in [-0.4, -0.2) is 67.8 Å². The van der Waals surface area contributed by atoms with Crippen molar-refractivity contribution in [3.8, 4) is 0 Å². The lowest BCUT2D eigenvalue weighted by Gasteiger charge is -2.26. The number of nitrogens with one attached hydrogen (secondary N) is 1. The molecule has 0 bridgehead atoms. The van der Waals surface area contributed by atoms with E-state index < -0.39 is 0 Å². The van der Waals surface area contributed by atoms with Crippen molar-refractivity contribution < 1.29 is 9.47 Å². The molecule has 3 rings (SSSR count). The molecule has 1 aromatic rings. The van der Waals surface area contributed by atoms with Crippen molar-refractivity contribution in [2.45, 2.75) is 0 Å². The molecule has 17 heavy (non-hydrogen) atoms. The van der Waals surface area contributed by atoms with Gasteiger partial charge in [0.2, 0.25) is 11.9 Å². The molecule has 2 aliphatic rings. The third-order valence-corrected chi connectivity index (χ3v) is 3.07. The van der Waals surface area contributed by atoms with E-state index in [1.807, 2.05) is 0 Å². The maximum Gasteiger partial charge on any atom is 0.246 e. The molecule has 0 saturated carbocycles. The Morgan fingerprint density at radius 2 is 1.47 bits per heavy atom. The van der Waals surface area contributed by atoms with Gasteiger partial charge in [-0.05, 0) is 0 Å². The Hall–Kier alpha value is -1.34. The predicted octanol–water partition coefficient (Wildman–Crippen LogP) is -0.522. The van der Waals surface area contributed by atoms with Gasteiger partial charge in [0.25, 0.3) is 0 Å². The lowest BCUT2D eigenvalue weighted by atomic mass is 10.4. The molecule has 1 aromatic heterocycles. The van der Waals surface area contributed by atoms with Gasteiger partial charge >= 0.3 is 0 Å². The SMILES string of the molecule is C1CN(c2n[nH]c(N3CCOCC3)n2)CCO1. The molecule has 0 amide bonds. The normalized spacial score (nSPS) is 21.9. The van der Waals surface area contributed by atoms with Gasteiger partial charge in [-0.15, -0.1) is 5.10 Å². The molecule has 0 spiro atoms. The van der Waals surface area contributed by atoms with Gasteiger partial charge in [0, 0.05) is 26.2 Å². The molecule has 3 heterocycles. The van der Waals surface area contributed by atoms with Crippen molar-refractivity contribution >= 4 is 11.9 Å². The molecule has 2 saturated heterocycles. The molecule has 7 heteroatoms. The Kier molecular flexibility index (Phi) is 3.10. The molecule has 0 aromatic carbocycles. The molecule has 0 unspecified atom stereocenters. The number of ether oxygens (including phenoxy) is 2. The molecule has 2 aliphatic heterocycles. The van der Waals surface area contributed by atoms with Crippen LogP contribution in [0.25, 0.3) is 0 Å². The minimum atomic E-state index is 0.751. The molecule has 2 fully saturated rings. The summed E-state index contributed by atoms with van der Waals surface area (Å²) in [5.41, 5.74) is 0. The molecule has 0 radical (unpaired) electrons. The molecule has 0 aliphatic carbocycles. The second-order valence-corrected chi connectivity index (χ2v) is 4.16. The van der Waals surface area contributed by atoms with E-state index in [2.05, 4.69) is 25.0 Å². The van der Waals surface area contributed by atoms with Crippen LogP contribution in [0.4, 0.5) is 11.9 Å². The summed E-state index contributed by atoms with van der Waals surface area (Å²) >= 11 is 0. The lowest BCUT2D eigenvalue weighted by Crippen LogP contribution is -2.38. The summed E-state index contributed by atoms with van der Waals surface area (Å²) in [5.74, 6) is 1.62. The zero-order chi connectivity index (χ0) is 11.5.